The molecule has 0 saturated carbocycles. The molecule has 7 heteroatoms. The molecule has 0 bridgehead atoms. The Kier molecular flexibility index (Phi) is 3.56. The van der Waals surface area contributed by atoms with Crippen molar-refractivity contribution in [3.05, 3.63) is 33.4 Å². The average molecular weight is 285 g/mol. The van der Waals surface area contributed by atoms with Crippen LogP contribution < -0.4 is 4.72 Å². The molecule has 0 spiro atoms. The first-order chi connectivity index (χ1) is 8.38. The van der Waals surface area contributed by atoms with Gasteiger partial charge in [0.2, 0.25) is 0 Å². The van der Waals surface area contributed by atoms with Crippen molar-refractivity contribution in [1.29, 1.82) is 0 Å². The topological polar surface area (TPSA) is 74.8 Å². The summed E-state index contributed by atoms with van der Waals surface area (Å²) in [5, 5.41) is 0.102. The zero-order valence-corrected chi connectivity index (χ0v) is 12.1. The molecule has 2 heterocycles. The summed E-state index contributed by atoms with van der Waals surface area (Å²) in [5.41, 5.74) is 1.19. The van der Waals surface area contributed by atoms with Gasteiger partial charge in [0, 0.05) is 16.3 Å². The first-order valence-corrected chi connectivity index (χ1v) is 7.75. The van der Waals surface area contributed by atoms with Crippen molar-refractivity contribution in [3.63, 3.8) is 0 Å². The number of nitrogens with one attached hydrogen (secondary N) is 2. The van der Waals surface area contributed by atoms with E-state index >= 15 is 0 Å². The lowest BCUT2D eigenvalue weighted by Gasteiger charge is -2.02. The number of imidazole rings is 1. The summed E-state index contributed by atoms with van der Waals surface area (Å²) in [5.74, 6) is 0.582. The van der Waals surface area contributed by atoms with Gasteiger partial charge >= 0.3 is 0 Å². The Labute approximate surface area is 110 Å². The molecule has 0 saturated heterocycles. The quantitative estimate of drug-likeness (QED) is 0.900. The van der Waals surface area contributed by atoms with Crippen LogP contribution in [0.2, 0.25) is 0 Å². The van der Waals surface area contributed by atoms with E-state index in [2.05, 4.69) is 14.7 Å². The molecular weight excluding hydrogens is 270 g/mol. The largest absolute Gasteiger partial charge is 0.332 e. The number of hydrogen-bond acceptors (Lipinski definition) is 4. The molecule has 0 aliphatic rings. The maximum absolute atomic E-state index is 11.9. The summed E-state index contributed by atoms with van der Waals surface area (Å²) in [7, 11) is -3.50. The minimum Gasteiger partial charge on any atom is -0.332 e. The van der Waals surface area contributed by atoms with E-state index < -0.39 is 10.0 Å². The minimum atomic E-state index is -3.50. The van der Waals surface area contributed by atoms with Gasteiger partial charge in [-0.15, -0.1) is 11.3 Å². The summed E-state index contributed by atoms with van der Waals surface area (Å²) in [6.07, 6.45) is 1.32. The molecule has 0 fully saturated rings. The van der Waals surface area contributed by atoms with Crippen LogP contribution in [0.15, 0.2) is 17.3 Å². The van der Waals surface area contributed by atoms with Gasteiger partial charge in [0.25, 0.3) is 10.0 Å². The van der Waals surface area contributed by atoms with Crippen LogP contribution in [0.3, 0.4) is 0 Å². The van der Waals surface area contributed by atoms with E-state index in [0.29, 0.717) is 12.4 Å². The summed E-state index contributed by atoms with van der Waals surface area (Å²) in [6.45, 7) is 6.06. The highest BCUT2D eigenvalue weighted by Crippen LogP contribution is 2.20. The van der Waals surface area contributed by atoms with Gasteiger partial charge in [-0.05, 0) is 32.4 Å². The van der Waals surface area contributed by atoms with Gasteiger partial charge in [-0.2, -0.15) is 0 Å². The molecule has 18 heavy (non-hydrogen) atoms. The van der Waals surface area contributed by atoms with Crippen LogP contribution in [-0.2, 0) is 16.6 Å². The Morgan fingerprint density at radius 2 is 2.11 bits per heavy atom. The van der Waals surface area contributed by atoms with Crippen molar-refractivity contribution in [1.82, 2.24) is 14.7 Å². The van der Waals surface area contributed by atoms with E-state index in [9.17, 15) is 8.42 Å². The van der Waals surface area contributed by atoms with Crippen LogP contribution in [-0.4, -0.2) is 18.4 Å². The molecule has 0 aliphatic heterocycles. The lowest BCUT2D eigenvalue weighted by Crippen LogP contribution is -2.23. The summed E-state index contributed by atoms with van der Waals surface area (Å²) >= 11 is 1.60. The second-order valence-corrected chi connectivity index (χ2v) is 7.19. The molecule has 0 unspecified atom stereocenters. The van der Waals surface area contributed by atoms with E-state index in [-0.39, 0.29) is 5.03 Å². The number of H-pyrrole nitrogens is 1. The van der Waals surface area contributed by atoms with Gasteiger partial charge < -0.3 is 4.98 Å². The van der Waals surface area contributed by atoms with E-state index in [0.717, 1.165) is 4.88 Å². The Morgan fingerprint density at radius 3 is 2.61 bits per heavy atom. The van der Waals surface area contributed by atoms with E-state index in [4.69, 9.17) is 0 Å². The molecule has 98 valence electrons. The van der Waals surface area contributed by atoms with Crippen LogP contribution in [0.1, 0.15) is 21.1 Å². The minimum absolute atomic E-state index is 0.102. The third kappa shape index (κ3) is 2.80. The van der Waals surface area contributed by atoms with Crippen molar-refractivity contribution < 1.29 is 8.42 Å². The number of thiophene rings is 1. The first kappa shape index (κ1) is 13.3. The van der Waals surface area contributed by atoms with Gasteiger partial charge in [0.05, 0.1) is 6.20 Å². The number of nitrogens with zero attached hydrogens (tertiary/aromatic N) is 1. The maximum Gasteiger partial charge on any atom is 0.257 e. The Morgan fingerprint density at radius 1 is 1.39 bits per heavy atom. The van der Waals surface area contributed by atoms with Crippen LogP contribution in [0.5, 0.6) is 0 Å². The molecule has 2 aromatic heterocycles. The SMILES string of the molecule is Cc1ncc(S(=O)(=O)NCc2cc(C)c(C)s2)[nH]1. The monoisotopic (exact) mass is 285 g/mol. The lowest BCUT2D eigenvalue weighted by atomic mass is 10.3. The number of aryl methyl sites for hydroxylation is 3. The molecule has 0 atom stereocenters. The molecule has 2 N–H and O–H groups in total. The standard InChI is InChI=1S/C11H15N3O2S2/c1-7-4-10(17-8(7)2)5-13-18(15,16)11-6-12-9(3)14-11/h4,6,13H,5H2,1-3H3,(H,12,14). The molecular formula is C11H15N3O2S2. The van der Waals surface area contributed by atoms with Crippen molar-refractivity contribution in [2.75, 3.05) is 0 Å². The molecule has 2 aromatic rings. The van der Waals surface area contributed by atoms with Gasteiger partial charge in [0.1, 0.15) is 5.82 Å². The predicted octanol–water partition coefficient (Wildman–Crippen LogP) is 1.87. The zero-order chi connectivity index (χ0) is 13.3. The predicted molar refractivity (Wildman–Crippen MR) is 71.1 cm³/mol. The fraction of sp³-hybridized carbons (Fsp3) is 0.364. The van der Waals surface area contributed by atoms with Crippen LogP contribution in [0.25, 0.3) is 0 Å². The van der Waals surface area contributed by atoms with E-state index in [1.54, 1.807) is 18.3 Å². The molecule has 0 amide bonds. The van der Waals surface area contributed by atoms with E-state index in [1.807, 2.05) is 19.9 Å². The van der Waals surface area contributed by atoms with Crippen LogP contribution >= 0.6 is 11.3 Å². The van der Waals surface area contributed by atoms with E-state index in [1.165, 1.54) is 16.6 Å². The summed E-state index contributed by atoms with van der Waals surface area (Å²) in [6, 6.07) is 2.00. The van der Waals surface area contributed by atoms with Crippen molar-refractivity contribution in [2.24, 2.45) is 0 Å². The Hall–Kier alpha value is -1.18. The maximum atomic E-state index is 11.9. The Bertz CT molecular complexity index is 636. The number of aromatic nitrogens is 2. The first-order valence-electron chi connectivity index (χ1n) is 5.45. The highest BCUT2D eigenvalue weighted by Gasteiger charge is 2.16. The summed E-state index contributed by atoms with van der Waals surface area (Å²) < 4.78 is 26.4. The fourth-order valence-electron chi connectivity index (χ4n) is 1.52. The zero-order valence-electron chi connectivity index (χ0n) is 10.4. The smallest absolute Gasteiger partial charge is 0.257 e. The second kappa shape index (κ2) is 4.83. The van der Waals surface area contributed by atoms with Crippen molar-refractivity contribution in [3.8, 4) is 0 Å². The number of hydrogen-bond donors (Lipinski definition) is 2. The van der Waals surface area contributed by atoms with Crippen LogP contribution in [0.4, 0.5) is 0 Å². The number of aromatic amines is 1. The molecule has 0 aromatic carbocycles. The number of rotatable bonds is 4. The lowest BCUT2D eigenvalue weighted by molar-refractivity contribution is 0.578. The van der Waals surface area contributed by atoms with Gasteiger partial charge in [-0.3, -0.25) is 0 Å². The van der Waals surface area contributed by atoms with Gasteiger partial charge in [0.15, 0.2) is 5.03 Å². The van der Waals surface area contributed by atoms with Crippen molar-refractivity contribution in [2.45, 2.75) is 32.3 Å². The van der Waals surface area contributed by atoms with Crippen molar-refractivity contribution >= 4 is 21.4 Å². The molecule has 2 rings (SSSR count). The highest BCUT2D eigenvalue weighted by atomic mass is 32.2. The highest BCUT2D eigenvalue weighted by molar-refractivity contribution is 7.89. The van der Waals surface area contributed by atoms with Gasteiger partial charge in [-0.25, -0.2) is 18.1 Å². The Balaban J connectivity index is 2.10. The second-order valence-electron chi connectivity index (χ2n) is 4.11. The molecule has 5 nitrogen and oxygen atoms in total. The molecule has 0 radical (unpaired) electrons. The third-order valence-electron chi connectivity index (χ3n) is 2.62. The van der Waals surface area contributed by atoms with Gasteiger partial charge in [-0.1, -0.05) is 0 Å². The number of sulfonamides is 1. The molecule has 0 aliphatic carbocycles. The third-order valence-corrected chi connectivity index (χ3v) is 5.09. The van der Waals surface area contributed by atoms with Crippen LogP contribution in [0, 0.1) is 20.8 Å². The fourth-order valence-corrected chi connectivity index (χ4v) is 3.57. The average Bonchev–Trinajstić information content (AvgIpc) is 2.85. The summed E-state index contributed by atoms with van der Waals surface area (Å²) in [4.78, 5) is 8.81. The normalized spacial score (nSPS) is 11.9.